The van der Waals surface area contributed by atoms with Crippen molar-refractivity contribution in [3.8, 4) is 0 Å². The van der Waals surface area contributed by atoms with E-state index in [1.165, 1.54) is 0 Å². The van der Waals surface area contributed by atoms with Gasteiger partial charge in [0.25, 0.3) is 0 Å². The molecule has 5 nitrogen and oxygen atoms in total. The molecule has 0 radical (unpaired) electrons. The van der Waals surface area contributed by atoms with E-state index < -0.39 is 11.4 Å². The van der Waals surface area contributed by atoms with Crippen LogP contribution in [-0.2, 0) is 4.79 Å². The molecule has 0 bridgehead atoms. The number of carboxylic acid groups (broad SMARTS) is 1. The van der Waals surface area contributed by atoms with E-state index in [0.29, 0.717) is 12.5 Å². The molecular weight excluding hydrogens is 266 g/mol. The quantitative estimate of drug-likeness (QED) is 0.903. The van der Waals surface area contributed by atoms with Crippen molar-refractivity contribution in [2.75, 3.05) is 18.0 Å². The first-order chi connectivity index (χ1) is 9.98. The predicted molar refractivity (Wildman–Crippen MR) is 82.5 cm³/mol. The van der Waals surface area contributed by atoms with Crippen LogP contribution >= 0.6 is 0 Å². The smallest absolute Gasteiger partial charge is 0.311 e. The molecule has 0 aliphatic carbocycles. The average molecular weight is 291 g/mol. The number of rotatable bonds is 5. The van der Waals surface area contributed by atoms with Crippen molar-refractivity contribution in [1.29, 1.82) is 0 Å². The van der Waals surface area contributed by atoms with E-state index >= 15 is 0 Å². The summed E-state index contributed by atoms with van der Waals surface area (Å²) in [6, 6.07) is 1.99. The van der Waals surface area contributed by atoms with Crippen LogP contribution in [-0.4, -0.2) is 34.1 Å². The molecule has 2 heterocycles. The Morgan fingerprint density at radius 3 is 2.86 bits per heavy atom. The van der Waals surface area contributed by atoms with Crippen molar-refractivity contribution in [2.45, 2.75) is 52.4 Å². The van der Waals surface area contributed by atoms with Gasteiger partial charge in [-0.05, 0) is 25.2 Å². The van der Waals surface area contributed by atoms with Gasteiger partial charge in [-0.2, -0.15) is 0 Å². The lowest BCUT2D eigenvalue weighted by Gasteiger charge is -2.40. The van der Waals surface area contributed by atoms with Crippen LogP contribution in [0, 0.1) is 5.41 Å². The van der Waals surface area contributed by atoms with Gasteiger partial charge in [0.15, 0.2) is 0 Å². The molecule has 1 aromatic rings. The molecule has 1 aromatic heterocycles. The fourth-order valence-electron chi connectivity index (χ4n) is 3.14. The summed E-state index contributed by atoms with van der Waals surface area (Å²) in [5, 5.41) is 9.67. The van der Waals surface area contributed by atoms with Crippen LogP contribution < -0.4 is 4.90 Å². The van der Waals surface area contributed by atoms with Gasteiger partial charge in [-0.3, -0.25) is 4.79 Å². The Kier molecular flexibility index (Phi) is 4.80. The third kappa shape index (κ3) is 3.34. The van der Waals surface area contributed by atoms with Gasteiger partial charge in [0, 0.05) is 24.8 Å². The van der Waals surface area contributed by atoms with Gasteiger partial charge in [-0.1, -0.05) is 27.2 Å². The summed E-state index contributed by atoms with van der Waals surface area (Å²) in [7, 11) is 0. The monoisotopic (exact) mass is 291 g/mol. The van der Waals surface area contributed by atoms with E-state index in [1.807, 2.05) is 13.0 Å². The summed E-state index contributed by atoms with van der Waals surface area (Å²) in [5.74, 6) is 0.527. The van der Waals surface area contributed by atoms with Gasteiger partial charge in [0.05, 0.1) is 5.41 Å². The molecule has 116 valence electrons. The highest BCUT2D eigenvalue weighted by atomic mass is 16.4. The minimum absolute atomic E-state index is 0.344. The Hall–Kier alpha value is -1.65. The number of carboxylic acids is 1. The molecule has 0 amide bonds. The van der Waals surface area contributed by atoms with E-state index in [0.717, 1.165) is 43.7 Å². The van der Waals surface area contributed by atoms with Crippen LogP contribution in [0.4, 0.5) is 5.82 Å². The van der Waals surface area contributed by atoms with E-state index in [4.69, 9.17) is 0 Å². The van der Waals surface area contributed by atoms with Crippen molar-refractivity contribution in [1.82, 2.24) is 9.97 Å². The lowest BCUT2D eigenvalue weighted by Crippen LogP contribution is -2.48. The van der Waals surface area contributed by atoms with Crippen LogP contribution in [0.15, 0.2) is 12.4 Å². The molecule has 0 saturated carbocycles. The van der Waals surface area contributed by atoms with Crippen molar-refractivity contribution in [2.24, 2.45) is 5.41 Å². The minimum atomic E-state index is -0.674. The van der Waals surface area contributed by atoms with Gasteiger partial charge < -0.3 is 10.0 Å². The highest BCUT2D eigenvalue weighted by molar-refractivity contribution is 5.76. The molecule has 1 saturated heterocycles. The largest absolute Gasteiger partial charge is 0.481 e. The molecule has 1 atom stereocenters. The first-order valence-corrected chi connectivity index (χ1v) is 7.79. The highest BCUT2D eigenvalue weighted by Gasteiger charge is 2.41. The van der Waals surface area contributed by atoms with E-state index in [1.54, 1.807) is 6.33 Å². The number of anilines is 1. The normalized spacial score (nSPS) is 22.6. The maximum atomic E-state index is 11.8. The Bertz CT molecular complexity index is 500. The fraction of sp³-hybridized carbons (Fsp3) is 0.688. The van der Waals surface area contributed by atoms with Crippen molar-refractivity contribution < 1.29 is 9.90 Å². The lowest BCUT2D eigenvalue weighted by molar-refractivity contribution is -0.150. The molecular formula is C16H25N3O2. The number of piperidine rings is 1. The summed E-state index contributed by atoms with van der Waals surface area (Å²) in [6.45, 7) is 7.66. The van der Waals surface area contributed by atoms with Crippen LogP contribution in [0.3, 0.4) is 0 Å². The second-order valence-corrected chi connectivity index (χ2v) is 6.32. The summed E-state index contributed by atoms with van der Waals surface area (Å²) < 4.78 is 0. The number of nitrogens with zero attached hydrogens (tertiary/aromatic N) is 3. The third-order valence-electron chi connectivity index (χ3n) is 4.35. The second kappa shape index (κ2) is 6.41. The number of aliphatic carboxylic acids is 1. The van der Waals surface area contributed by atoms with Gasteiger partial charge in [0.1, 0.15) is 12.1 Å². The van der Waals surface area contributed by atoms with Crippen molar-refractivity contribution in [3.05, 3.63) is 18.1 Å². The zero-order chi connectivity index (χ0) is 15.5. The number of aromatic nitrogens is 2. The molecule has 1 aliphatic rings. The van der Waals surface area contributed by atoms with Crippen LogP contribution in [0.1, 0.15) is 58.1 Å². The third-order valence-corrected chi connectivity index (χ3v) is 4.35. The van der Waals surface area contributed by atoms with Crippen molar-refractivity contribution in [3.63, 3.8) is 0 Å². The van der Waals surface area contributed by atoms with Gasteiger partial charge in [-0.25, -0.2) is 9.97 Å². The van der Waals surface area contributed by atoms with Gasteiger partial charge in [0.2, 0.25) is 0 Å². The molecule has 1 unspecified atom stereocenters. The zero-order valence-electron chi connectivity index (χ0n) is 13.2. The zero-order valence-corrected chi connectivity index (χ0v) is 13.2. The predicted octanol–water partition coefficient (Wildman–Crippen LogP) is 3.07. The SMILES string of the molecule is CCCC1(C(=O)O)CCCN(c2cc(C(C)C)ncn2)C1. The van der Waals surface area contributed by atoms with Gasteiger partial charge >= 0.3 is 5.97 Å². The molecule has 1 N–H and O–H groups in total. The molecule has 1 aliphatic heterocycles. The standard InChI is InChI=1S/C16H25N3O2/c1-4-6-16(15(20)21)7-5-8-19(10-16)14-9-13(12(2)3)17-11-18-14/h9,11-12H,4-8,10H2,1-3H3,(H,20,21). The second-order valence-electron chi connectivity index (χ2n) is 6.32. The maximum Gasteiger partial charge on any atom is 0.311 e. The first kappa shape index (κ1) is 15.7. The summed E-state index contributed by atoms with van der Waals surface area (Å²) in [6.07, 6.45) is 4.85. The lowest BCUT2D eigenvalue weighted by atomic mass is 9.76. The van der Waals surface area contributed by atoms with Gasteiger partial charge in [-0.15, -0.1) is 0 Å². The molecule has 0 spiro atoms. The molecule has 0 aromatic carbocycles. The Balaban J connectivity index is 2.24. The minimum Gasteiger partial charge on any atom is -0.481 e. The molecule has 5 heteroatoms. The molecule has 21 heavy (non-hydrogen) atoms. The number of hydrogen-bond donors (Lipinski definition) is 1. The molecule has 1 fully saturated rings. The summed E-state index contributed by atoms with van der Waals surface area (Å²) in [5.41, 5.74) is 0.373. The Morgan fingerprint density at radius 2 is 2.24 bits per heavy atom. The highest BCUT2D eigenvalue weighted by Crippen LogP contribution is 2.36. The maximum absolute atomic E-state index is 11.8. The first-order valence-electron chi connectivity index (χ1n) is 7.79. The Morgan fingerprint density at radius 1 is 1.48 bits per heavy atom. The number of carbonyl (C=O) groups is 1. The van der Waals surface area contributed by atoms with E-state index in [-0.39, 0.29) is 0 Å². The molecule has 2 rings (SSSR count). The average Bonchev–Trinajstić information content (AvgIpc) is 2.48. The summed E-state index contributed by atoms with van der Waals surface area (Å²) >= 11 is 0. The fourth-order valence-corrected chi connectivity index (χ4v) is 3.14. The van der Waals surface area contributed by atoms with E-state index in [2.05, 4.69) is 28.7 Å². The topological polar surface area (TPSA) is 66.3 Å². The van der Waals surface area contributed by atoms with E-state index in [9.17, 15) is 9.90 Å². The summed E-state index contributed by atoms with van der Waals surface area (Å²) in [4.78, 5) is 22.5. The van der Waals surface area contributed by atoms with Crippen molar-refractivity contribution >= 4 is 11.8 Å². The van der Waals surface area contributed by atoms with Crippen LogP contribution in [0.5, 0.6) is 0 Å². The Labute approximate surface area is 126 Å². The number of hydrogen-bond acceptors (Lipinski definition) is 4. The van der Waals surface area contributed by atoms with Crippen LogP contribution in [0.2, 0.25) is 0 Å². The van der Waals surface area contributed by atoms with Crippen LogP contribution in [0.25, 0.3) is 0 Å².